The van der Waals surface area contributed by atoms with Crippen LogP contribution in [0, 0.1) is 0 Å². The van der Waals surface area contributed by atoms with E-state index in [4.69, 9.17) is 0 Å². The summed E-state index contributed by atoms with van der Waals surface area (Å²) in [4.78, 5) is 20.2. The van der Waals surface area contributed by atoms with Crippen molar-refractivity contribution in [1.82, 2.24) is 19.6 Å². The molecule has 0 saturated heterocycles. The Kier molecular flexibility index (Phi) is 5.98. The average molecular weight is 422 g/mol. The fourth-order valence-electron chi connectivity index (χ4n) is 4.45. The molecular weight excluding hydrogens is 390 g/mol. The smallest absolute Gasteiger partial charge is 0.199 e. The SMILES string of the molecule is CC(C)N(CCNCCNc1ccc2ncn3c4ccc(O)cc4c(=O)c1c23)C(C)C. The molecule has 0 aliphatic heterocycles. The molecule has 0 radical (unpaired) electrons. The zero-order chi connectivity index (χ0) is 22.1. The molecule has 0 amide bonds. The molecule has 4 aromatic rings. The molecule has 4 rings (SSSR count). The lowest BCUT2D eigenvalue weighted by Crippen LogP contribution is -2.42. The molecule has 0 fully saturated rings. The van der Waals surface area contributed by atoms with Crippen molar-refractivity contribution >= 4 is 33.0 Å². The molecule has 3 N–H and O–H groups in total. The lowest BCUT2D eigenvalue weighted by molar-refractivity contribution is 0.176. The second-order valence-electron chi connectivity index (χ2n) is 8.60. The Morgan fingerprint density at radius 1 is 1.06 bits per heavy atom. The number of phenols is 1. The number of nitrogens with one attached hydrogen (secondary N) is 2. The van der Waals surface area contributed by atoms with E-state index in [-0.39, 0.29) is 11.2 Å². The summed E-state index contributed by atoms with van der Waals surface area (Å²) in [5.74, 6) is 0.0818. The van der Waals surface area contributed by atoms with E-state index >= 15 is 0 Å². The van der Waals surface area contributed by atoms with Crippen molar-refractivity contribution in [3.05, 3.63) is 46.9 Å². The quantitative estimate of drug-likeness (QED) is 0.284. The molecule has 2 aromatic heterocycles. The monoisotopic (exact) mass is 421 g/mol. The van der Waals surface area contributed by atoms with Crippen molar-refractivity contribution in [3.63, 3.8) is 0 Å². The van der Waals surface area contributed by atoms with Gasteiger partial charge in [-0.1, -0.05) is 0 Å². The number of phenolic OH excluding ortho intramolecular Hbond substituents is 1. The molecule has 31 heavy (non-hydrogen) atoms. The maximum Gasteiger partial charge on any atom is 0.199 e. The van der Waals surface area contributed by atoms with E-state index in [0.717, 1.165) is 41.9 Å². The summed E-state index contributed by atoms with van der Waals surface area (Å²) in [5.41, 5.74) is 3.04. The van der Waals surface area contributed by atoms with Crippen LogP contribution in [0.1, 0.15) is 27.7 Å². The standard InChI is InChI=1S/C24H31N5O2/c1-15(2)28(16(3)4)12-11-25-9-10-26-19-6-7-20-23-22(19)24(31)18-13-17(30)5-8-21(18)29(23)14-27-20/h5-8,13-16,25-26,30H,9-12H2,1-4H3. The fraction of sp³-hybridized carbons (Fsp3) is 0.417. The van der Waals surface area contributed by atoms with Crippen molar-refractivity contribution in [2.45, 2.75) is 39.8 Å². The van der Waals surface area contributed by atoms with Gasteiger partial charge in [0.05, 0.1) is 27.3 Å². The third-order valence-corrected chi connectivity index (χ3v) is 5.91. The summed E-state index contributed by atoms with van der Waals surface area (Å²) >= 11 is 0. The maximum absolute atomic E-state index is 13.3. The Morgan fingerprint density at radius 2 is 1.84 bits per heavy atom. The first-order valence-electron chi connectivity index (χ1n) is 11.0. The summed E-state index contributed by atoms with van der Waals surface area (Å²) in [6, 6.07) is 9.79. The number of benzene rings is 2. The zero-order valence-corrected chi connectivity index (χ0v) is 18.6. The molecule has 2 aromatic carbocycles. The normalized spacial score (nSPS) is 12.4. The molecule has 0 spiro atoms. The topological polar surface area (TPSA) is 81.9 Å². The fourth-order valence-corrected chi connectivity index (χ4v) is 4.45. The Morgan fingerprint density at radius 3 is 2.58 bits per heavy atom. The Labute approximate surface area is 182 Å². The second kappa shape index (κ2) is 8.69. The average Bonchev–Trinajstić information content (AvgIpc) is 3.15. The number of aromatic nitrogens is 2. The number of nitrogens with zero attached hydrogens (tertiary/aromatic N) is 3. The minimum atomic E-state index is -0.0931. The summed E-state index contributed by atoms with van der Waals surface area (Å²) in [7, 11) is 0. The predicted molar refractivity (Wildman–Crippen MR) is 128 cm³/mol. The molecule has 0 bridgehead atoms. The van der Waals surface area contributed by atoms with Gasteiger partial charge in [-0.2, -0.15) is 0 Å². The van der Waals surface area contributed by atoms with Gasteiger partial charge in [-0.25, -0.2) is 4.98 Å². The van der Waals surface area contributed by atoms with Crippen LogP contribution in [0.3, 0.4) is 0 Å². The van der Waals surface area contributed by atoms with E-state index in [1.807, 2.05) is 16.5 Å². The molecule has 7 heteroatoms. The zero-order valence-electron chi connectivity index (χ0n) is 18.6. The van der Waals surface area contributed by atoms with Gasteiger partial charge in [-0.15, -0.1) is 0 Å². The van der Waals surface area contributed by atoms with E-state index in [2.05, 4.69) is 48.2 Å². The van der Waals surface area contributed by atoms with Gasteiger partial charge in [0.25, 0.3) is 0 Å². The van der Waals surface area contributed by atoms with Gasteiger partial charge in [0, 0.05) is 44.0 Å². The number of pyridine rings is 1. The number of hydrogen-bond donors (Lipinski definition) is 3. The van der Waals surface area contributed by atoms with Crippen molar-refractivity contribution < 1.29 is 5.11 Å². The third kappa shape index (κ3) is 4.03. The van der Waals surface area contributed by atoms with Crippen LogP contribution in [0.25, 0.3) is 27.3 Å². The predicted octanol–water partition coefficient (Wildman–Crippen LogP) is 3.26. The first kappa shape index (κ1) is 21.3. The van der Waals surface area contributed by atoms with Crippen LogP contribution in [0.2, 0.25) is 0 Å². The minimum absolute atomic E-state index is 0.0818. The van der Waals surface area contributed by atoms with Gasteiger partial charge < -0.3 is 15.7 Å². The van der Waals surface area contributed by atoms with Crippen molar-refractivity contribution in [3.8, 4) is 5.75 Å². The number of hydrogen-bond acceptors (Lipinski definition) is 6. The van der Waals surface area contributed by atoms with Gasteiger partial charge in [0.15, 0.2) is 5.43 Å². The highest BCUT2D eigenvalue weighted by molar-refractivity contribution is 6.07. The van der Waals surface area contributed by atoms with E-state index in [1.165, 1.54) is 6.07 Å². The van der Waals surface area contributed by atoms with Crippen molar-refractivity contribution in [2.24, 2.45) is 0 Å². The number of rotatable bonds is 9. The van der Waals surface area contributed by atoms with Crippen LogP contribution < -0.4 is 16.1 Å². The highest BCUT2D eigenvalue weighted by Gasteiger charge is 2.17. The first-order chi connectivity index (χ1) is 14.9. The van der Waals surface area contributed by atoms with Crippen molar-refractivity contribution in [2.75, 3.05) is 31.5 Å². The van der Waals surface area contributed by atoms with Crippen LogP contribution in [-0.2, 0) is 0 Å². The molecule has 0 unspecified atom stereocenters. The molecule has 0 atom stereocenters. The molecule has 164 valence electrons. The summed E-state index contributed by atoms with van der Waals surface area (Å²) in [5, 5.41) is 17.9. The van der Waals surface area contributed by atoms with Gasteiger partial charge in [0.1, 0.15) is 12.1 Å². The first-order valence-corrected chi connectivity index (χ1v) is 11.0. The van der Waals surface area contributed by atoms with E-state index < -0.39 is 0 Å². The van der Waals surface area contributed by atoms with E-state index in [9.17, 15) is 9.90 Å². The molecule has 0 aliphatic carbocycles. The van der Waals surface area contributed by atoms with E-state index in [1.54, 1.807) is 18.5 Å². The van der Waals surface area contributed by atoms with Gasteiger partial charge in [0.2, 0.25) is 0 Å². The van der Waals surface area contributed by atoms with Crippen molar-refractivity contribution in [1.29, 1.82) is 0 Å². The number of imidazole rings is 1. The number of fused-ring (bicyclic) bond motifs is 2. The maximum atomic E-state index is 13.3. The van der Waals surface area contributed by atoms with Gasteiger partial charge in [-0.3, -0.25) is 14.1 Å². The number of aromatic hydroxyl groups is 1. The molecule has 0 aliphatic rings. The van der Waals surface area contributed by atoms with Gasteiger partial charge >= 0.3 is 0 Å². The Hall–Kier alpha value is -2.90. The molecule has 0 saturated carbocycles. The van der Waals surface area contributed by atoms with Gasteiger partial charge in [-0.05, 0) is 58.0 Å². The second-order valence-corrected chi connectivity index (χ2v) is 8.60. The summed E-state index contributed by atoms with van der Waals surface area (Å²) in [6.07, 6.45) is 1.73. The Bertz CT molecular complexity index is 1240. The highest BCUT2D eigenvalue weighted by atomic mass is 16.3. The molecule has 7 nitrogen and oxygen atoms in total. The highest BCUT2D eigenvalue weighted by Crippen LogP contribution is 2.29. The molecule has 2 heterocycles. The van der Waals surface area contributed by atoms with E-state index in [0.29, 0.717) is 29.4 Å². The lowest BCUT2D eigenvalue weighted by Gasteiger charge is -2.30. The van der Waals surface area contributed by atoms with Crippen LogP contribution in [0.5, 0.6) is 5.75 Å². The van der Waals surface area contributed by atoms with Crippen LogP contribution in [0.15, 0.2) is 41.5 Å². The summed E-state index contributed by atoms with van der Waals surface area (Å²) < 4.78 is 1.93. The molecular formula is C24H31N5O2. The Balaban J connectivity index is 1.52. The minimum Gasteiger partial charge on any atom is -0.508 e. The lowest BCUT2D eigenvalue weighted by atomic mass is 10.1. The van der Waals surface area contributed by atoms with Crippen LogP contribution >= 0.6 is 0 Å². The van der Waals surface area contributed by atoms with Crippen LogP contribution in [0.4, 0.5) is 5.69 Å². The third-order valence-electron chi connectivity index (χ3n) is 5.91. The number of anilines is 1. The largest absolute Gasteiger partial charge is 0.508 e. The van der Waals surface area contributed by atoms with Crippen LogP contribution in [-0.4, -0.2) is 57.7 Å². The summed E-state index contributed by atoms with van der Waals surface area (Å²) in [6.45, 7) is 12.3.